The van der Waals surface area contributed by atoms with Crippen molar-refractivity contribution in [3.63, 3.8) is 0 Å². The number of nitrogens with zero attached hydrogens (tertiary/aromatic N) is 2. The van der Waals surface area contributed by atoms with Gasteiger partial charge in [0.15, 0.2) is 11.6 Å². The largest absolute Gasteiger partial charge is 0.326 e. The SMILES string of the molecule is CCCc1nccn1-c1c(F)cc(CN)cc1F. The molecule has 5 heteroatoms. The Hall–Kier alpha value is -1.75. The summed E-state index contributed by atoms with van der Waals surface area (Å²) in [5.41, 5.74) is 5.73. The number of halogens is 2. The molecule has 0 saturated heterocycles. The van der Waals surface area contributed by atoms with E-state index in [0.717, 1.165) is 6.42 Å². The zero-order chi connectivity index (χ0) is 13.1. The fourth-order valence-corrected chi connectivity index (χ4v) is 1.91. The van der Waals surface area contributed by atoms with Crippen molar-refractivity contribution in [2.24, 2.45) is 5.73 Å². The van der Waals surface area contributed by atoms with Crippen LogP contribution in [0.25, 0.3) is 5.69 Å². The number of aromatic nitrogens is 2. The van der Waals surface area contributed by atoms with Crippen LogP contribution in [0.2, 0.25) is 0 Å². The van der Waals surface area contributed by atoms with Crippen molar-refractivity contribution in [3.05, 3.63) is 47.5 Å². The summed E-state index contributed by atoms with van der Waals surface area (Å²) in [6, 6.07) is 2.52. The van der Waals surface area contributed by atoms with Gasteiger partial charge in [0, 0.05) is 25.4 Å². The predicted molar refractivity (Wildman–Crippen MR) is 65.4 cm³/mol. The van der Waals surface area contributed by atoms with Crippen molar-refractivity contribution >= 4 is 0 Å². The fraction of sp³-hybridized carbons (Fsp3) is 0.308. The Morgan fingerprint density at radius 3 is 2.50 bits per heavy atom. The fourth-order valence-electron chi connectivity index (χ4n) is 1.91. The van der Waals surface area contributed by atoms with Gasteiger partial charge >= 0.3 is 0 Å². The molecule has 0 amide bonds. The van der Waals surface area contributed by atoms with Gasteiger partial charge in [-0.1, -0.05) is 6.92 Å². The summed E-state index contributed by atoms with van der Waals surface area (Å²) < 4.78 is 29.3. The van der Waals surface area contributed by atoms with E-state index >= 15 is 0 Å². The minimum atomic E-state index is -0.620. The van der Waals surface area contributed by atoms with Crippen LogP contribution < -0.4 is 5.73 Å². The summed E-state index contributed by atoms with van der Waals surface area (Å²) >= 11 is 0. The lowest BCUT2D eigenvalue weighted by molar-refractivity contribution is 0.561. The molecule has 0 fully saturated rings. The monoisotopic (exact) mass is 251 g/mol. The van der Waals surface area contributed by atoms with Crippen LogP contribution in [0, 0.1) is 11.6 Å². The van der Waals surface area contributed by atoms with Gasteiger partial charge in [0.2, 0.25) is 0 Å². The van der Waals surface area contributed by atoms with E-state index < -0.39 is 11.6 Å². The number of nitrogens with two attached hydrogens (primary N) is 1. The highest BCUT2D eigenvalue weighted by molar-refractivity contribution is 5.39. The smallest absolute Gasteiger partial charge is 0.150 e. The molecule has 1 aromatic carbocycles. The number of aryl methyl sites for hydroxylation is 1. The van der Waals surface area contributed by atoms with E-state index in [1.54, 1.807) is 12.4 Å². The van der Waals surface area contributed by atoms with Gasteiger partial charge in [-0.25, -0.2) is 13.8 Å². The van der Waals surface area contributed by atoms with Gasteiger partial charge in [0.05, 0.1) is 0 Å². The Labute approximate surface area is 104 Å². The summed E-state index contributed by atoms with van der Waals surface area (Å²) in [6.45, 7) is 2.10. The van der Waals surface area contributed by atoms with Crippen LogP contribution in [0.4, 0.5) is 8.78 Å². The minimum absolute atomic E-state index is 0.0897. The molecule has 2 rings (SSSR count). The van der Waals surface area contributed by atoms with Crippen molar-refractivity contribution in [1.29, 1.82) is 0 Å². The van der Waals surface area contributed by atoms with Crippen LogP contribution in [0.5, 0.6) is 0 Å². The summed E-state index contributed by atoms with van der Waals surface area (Å²) in [7, 11) is 0. The van der Waals surface area contributed by atoms with Crippen LogP contribution in [0.15, 0.2) is 24.5 Å². The number of hydrogen-bond acceptors (Lipinski definition) is 2. The molecule has 96 valence electrons. The summed E-state index contributed by atoms with van der Waals surface area (Å²) in [4.78, 5) is 4.11. The van der Waals surface area contributed by atoms with E-state index in [4.69, 9.17) is 5.73 Å². The standard InChI is InChI=1S/C13H15F2N3/c1-2-3-12-17-4-5-18(12)13-10(14)6-9(8-16)7-11(13)15/h4-7H,2-3,8,16H2,1H3. The molecule has 0 unspecified atom stereocenters. The molecular weight excluding hydrogens is 236 g/mol. The number of benzene rings is 1. The number of rotatable bonds is 4. The Morgan fingerprint density at radius 2 is 1.94 bits per heavy atom. The third-order valence-corrected chi connectivity index (χ3v) is 2.74. The molecule has 2 aromatic rings. The van der Waals surface area contributed by atoms with Crippen molar-refractivity contribution < 1.29 is 8.78 Å². The second-order valence-electron chi connectivity index (χ2n) is 4.08. The van der Waals surface area contributed by atoms with E-state index in [-0.39, 0.29) is 12.2 Å². The predicted octanol–water partition coefficient (Wildman–Crippen LogP) is 2.56. The number of imidazole rings is 1. The molecule has 3 nitrogen and oxygen atoms in total. The zero-order valence-electron chi connectivity index (χ0n) is 10.2. The third kappa shape index (κ3) is 2.26. The maximum Gasteiger partial charge on any atom is 0.150 e. The van der Waals surface area contributed by atoms with Crippen LogP contribution in [-0.2, 0) is 13.0 Å². The normalized spacial score (nSPS) is 10.9. The second-order valence-corrected chi connectivity index (χ2v) is 4.08. The molecule has 1 heterocycles. The first-order valence-electron chi connectivity index (χ1n) is 5.88. The van der Waals surface area contributed by atoms with E-state index in [1.165, 1.54) is 16.7 Å². The highest BCUT2D eigenvalue weighted by Crippen LogP contribution is 2.21. The average Bonchev–Trinajstić information content (AvgIpc) is 2.77. The Bertz CT molecular complexity index is 526. The first-order valence-corrected chi connectivity index (χ1v) is 5.88. The van der Waals surface area contributed by atoms with E-state index in [2.05, 4.69) is 4.98 Å². The Morgan fingerprint density at radius 1 is 1.28 bits per heavy atom. The average molecular weight is 251 g/mol. The molecule has 0 aliphatic rings. The minimum Gasteiger partial charge on any atom is -0.326 e. The lowest BCUT2D eigenvalue weighted by Gasteiger charge is -2.11. The maximum atomic E-state index is 13.9. The van der Waals surface area contributed by atoms with E-state index in [1.807, 2.05) is 6.92 Å². The van der Waals surface area contributed by atoms with Gasteiger partial charge in [-0.15, -0.1) is 0 Å². The maximum absolute atomic E-state index is 13.9. The van der Waals surface area contributed by atoms with Gasteiger partial charge in [-0.3, -0.25) is 4.57 Å². The van der Waals surface area contributed by atoms with Crippen LogP contribution >= 0.6 is 0 Å². The van der Waals surface area contributed by atoms with Crippen molar-refractivity contribution in [3.8, 4) is 5.69 Å². The molecule has 2 N–H and O–H groups in total. The van der Waals surface area contributed by atoms with E-state index in [0.29, 0.717) is 17.8 Å². The lowest BCUT2D eigenvalue weighted by Crippen LogP contribution is -2.07. The zero-order valence-corrected chi connectivity index (χ0v) is 10.2. The molecule has 0 aliphatic heterocycles. The first kappa shape index (κ1) is 12.7. The van der Waals surface area contributed by atoms with Gasteiger partial charge in [0.25, 0.3) is 0 Å². The Kier molecular flexibility index (Phi) is 3.72. The molecule has 0 radical (unpaired) electrons. The van der Waals surface area contributed by atoms with Crippen LogP contribution in [0.1, 0.15) is 24.7 Å². The molecule has 1 aromatic heterocycles. The quantitative estimate of drug-likeness (QED) is 0.907. The molecule has 0 aliphatic carbocycles. The molecule has 18 heavy (non-hydrogen) atoms. The summed E-state index contributed by atoms with van der Waals surface area (Å²) in [6.07, 6.45) is 4.64. The van der Waals surface area contributed by atoms with Crippen molar-refractivity contribution in [2.75, 3.05) is 0 Å². The second kappa shape index (κ2) is 5.27. The van der Waals surface area contributed by atoms with Gasteiger partial charge in [-0.05, 0) is 24.1 Å². The van der Waals surface area contributed by atoms with Crippen LogP contribution in [-0.4, -0.2) is 9.55 Å². The van der Waals surface area contributed by atoms with Crippen LogP contribution in [0.3, 0.4) is 0 Å². The van der Waals surface area contributed by atoms with Crippen molar-refractivity contribution in [2.45, 2.75) is 26.3 Å². The molecule has 0 atom stereocenters. The highest BCUT2D eigenvalue weighted by Gasteiger charge is 2.15. The molecular formula is C13H15F2N3. The topological polar surface area (TPSA) is 43.8 Å². The van der Waals surface area contributed by atoms with Gasteiger partial charge < -0.3 is 5.73 Å². The first-order chi connectivity index (χ1) is 8.67. The Balaban J connectivity index is 2.53. The van der Waals surface area contributed by atoms with E-state index in [9.17, 15) is 8.78 Å². The summed E-state index contributed by atoms with van der Waals surface area (Å²) in [5.74, 6) is -0.590. The molecule has 0 spiro atoms. The molecule has 0 bridgehead atoms. The number of hydrogen-bond donors (Lipinski definition) is 1. The molecule has 0 saturated carbocycles. The third-order valence-electron chi connectivity index (χ3n) is 2.74. The lowest BCUT2D eigenvalue weighted by atomic mass is 10.2. The van der Waals surface area contributed by atoms with Crippen molar-refractivity contribution in [1.82, 2.24) is 9.55 Å². The highest BCUT2D eigenvalue weighted by atomic mass is 19.1. The summed E-state index contributed by atoms with van der Waals surface area (Å²) in [5, 5.41) is 0. The van der Waals surface area contributed by atoms with Gasteiger partial charge in [0.1, 0.15) is 11.5 Å². The van der Waals surface area contributed by atoms with Gasteiger partial charge in [-0.2, -0.15) is 0 Å².